The maximum atomic E-state index is 14.3. The third-order valence-corrected chi connectivity index (χ3v) is 4.42. The number of carbonyl (C=O) groups is 1. The number of carbonyl (C=O) groups excluding carboxylic acids is 1. The molecule has 0 aliphatic heterocycles. The van der Waals surface area contributed by atoms with E-state index in [1.165, 1.54) is 38.2 Å². The number of halogens is 1. The van der Waals surface area contributed by atoms with E-state index < -0.39 is 5.82 Å². The Hall–Kier alpha value is -3.54. The third kappa shape index (κ3) is 4.48. The first kappa shape index (κ1) is 20.2. The van der Waals surface area contributed by atoms with E-state index in [9.17, 15) is 9.18 Å². The fraction of sp³-hybridized carbons (Fsp3) is 0.174. The Balaban J connectivity index is 2.03. The smallest absolute Gasteiger partial charge is 0.224 e. The highest BCUT2D eigenvalue weighted by atomic mass is 19.1. The molecular weight excluding hydrogens is 373 g/mol. The molecule has 1 amide bonds. The summed E-state index contributed by atoms with van der Waals surface area (Å²) in [6.07, 6.45) is 0. The van der Waals surface area contributed by atoms with Gasteiger partial charge in [-0.25, -0.2) is 4.39 Å². The van der Waals surface area contributed by atoms with Crippen LogP contribution >= 0.6 is 0 Å². The van der Waals surface area contributed by atoms with Crippen LogP contribution in [0.1, 0.15) is 12.5 Å². The molecule has 0 aliphatic rings. The van der Waals surface area contributed by atoms with E-state index in [4.69, 9.17) is 14.2 Å². The van der Waals surface area contributed by atoms with Crippen molar-refractivity contribution in [2.45, 2.75) is 13.5 Å². The Morgan fingerprint density at radius 2 is 1.59 bits per heavy atom. The van der Waals surface area contributed by atoms with Crippen molar-refractivity contribution in [3.05, 3.63) is 78.1 Å². The first-order valence-corrected chi connectivity index (χ1v) is 9.04. The number of para-hydroxylation sites is 3. The summed E-state index contributed by atoms with van der Waals surface area (Å²) >= 11 is 0. The molecule has 0 aromatic heterocycles. The zero-order valence-electron chi connectivity index (χ0n) is 16.5. The van der Waals surface area contributed by atoms with Gasteiger partial charge in [-0.05, 0) is 36.4 Å². The molecule has 3 aromatic carbocycles. The molecule has 5 nitrogen and oxygen atoms in total. The van der Waals surface area contributed by atoms with Crippen molar-refractivity contribution in [2.75, 3.05) is 19.1 Å². The third-order valence-electron chi connectivity index (χ3n) is 4.42. The number of hydrogen-bond acceptors (Lipinski definition) is 4. The highest BCUT2D eigenvalue weighted by molar-refractivity contribution is 5.93. The van der Waals surface area contributed by atoms with Gasteiger partial charge in [-0.2, -0.15) is 0 Å². The van der Waals surface area contributed by atoms with E-state index in [1.54, 1.807) is 12.1 Å². The van der Waals surface area contributed by atoms with E-state index >= 15 is 0 Å². The van der Waals surface area contributed by atoms with Crippen LogP contribution in [-0.2, 0) is 11.3 Å². The van der Waals surface area contributed by atoms with Crippen LogP contribution in [0.15, 0.2) is 66.7 Å². The number of rotatable bonds is 7. The predicted octanol–water partition coefficient (Wildman–Crippen LogP) is 5.19. The molecule has 0 saturated heterocycles. The number of ether oxygens (including phenoxy) is 3. The first-order valence-electron chi connectivity index (χ1n) is 9.04. The first-order chi connectivity index (χ1) is 14.0. The van der Waals surface area contributed by atoms with Crippen molar-refractivity contribution in [1.29, 1.82) is 0 Å². The molecule has 0 atom stereocenters. The van der Waals surface area contributed by atoms with Gasteiger partial charge in [0, 0.05) is 6.92 Å². The average molecular weight is 395 g/mol. The lowest BCUT2D eigenvalue weighted by Gasteiger charge is -2.25. The molecule has 0 radical (unpaired) electrons. The molecule has 150 valence electrons. The van der Waals surface area contributed by atoms with Gasteiger partial charge in [-0.3, -0.25) is 4.79 Å². The van der Waals surface area contributed by atoms with E-state index in [1.807, 2.05) is 42.5 Å². The molecule has 0 bridgehead atoms. The van der Waals surface area contributed by atoms with Crippen LogP contribution in [0, 0.1) is 5.82 Å². The summed E-state index contributed by atoms with van der Waals surface area (Å²) in [5.74, 6) is 0.851. The summed E-state index contributed by atoms with van der Waals surface area (Å²) in [6.45, 7) is 1.49. The number of benzene rings is 3. The zero-order chi connectivity index (χ0) is 20.8. The minimum Gasteiger partial charge on any atom is -0.496 e. The fourth-order valence-corrected chi connectivity index (χ4v) is 3.05. The van der Waals surface area contributed by atoms with Crippen LogP contribution in [0.3, 0.4) is 0 Å². The molecule has 3 rings (SSSR count). The van der Waals surface area contributed by atoms with Crippen LogP contribution in [0.5, 0.6) is 23.0 Å². The minimum absolute atomic E-state index is 0.0389. The monoisotopic (exact) mass is 395 g/mol. The average Bonchev–Trinajstić information content (AvgIpc) is 2.73. The van der Waals surface area contributed by atoms with Gasteiger partial charge in [0.2, 0.25) is 5.91 Å². The van der Waals surface area contributed by atoms with Crippen molar-refractivity contribution < 1.29 is 23.4 Å². The van der Waals surface area contributed by atoms with Crippen LogP contribution in [0.4, 0.5) is 10.1 Å². The SMILES string of the molecule is COc1ccc(F)c(OC)c1CN(C(C)=O)c1ccccc1Oc1ccccc1. The van der Waals surface area contributed by atoms with Crippen molar-refractivity contribution >= 4 is 11.6 Å². The van der Waals surface area contributed by atoms with Gasteiger partial charge >= 0.3 is 0 Å². The van der Waals surface area contributed by atoms with Gasteiger partial charge in [0.05, 0.1) is 32.0 Å². The van der Waals surface area contributed by atoms with Crippen LogP contribution in [0.25, 0.3) is 0 Å². The molecule has 0 N–H and O–H groups in total. The number of nitrogens with zero attached hydrogens (tertiary/aromatic N) is 1. The van der Waals surface area contributed by atoms with E-state index in [2.05, 4.69) is 0 Å². The number of anilines is 1. The summed E-state index contributed by atoms with van der Waals surface area (Å²) in [6, 6.07) is 19.2. The Morgan fingerprint density at radius 3 is 2.24 bits per heavy atom. The summed E-state index contributed by atoms with van der Waals surface area (Å²) in [5, 5.41) is 0. The second-order valence-corrected chi connectivity index (χ2v) is 6.25. The van der Waals surface area contributed by atoms with Gasteiger partial charge in [0.25, 0.3) is 0 Å². The lowest BCUT2D eigenvalue weighted by Crippen LogP contribution is -2.28. The molecule has 3 aromatic rings. The van der Waals surface area contributed by atoms with Crippen LogP contribution in [0.2, 0.25) is 0 Å². The Morgan fingerprint density at radius 1 is 0.897 bits per heavy atom. The van der Waals surface area contributed by atoms with Gasteiger partial charge in [0.1, 0.15) is 11.5 Å². The largest absolute Gasteiger partial charge is 0.496 e. The van der Waals surface area contributed by atoms with Crippen molar-refractivity contribution in [3.63, 3.8) is 0 Å². The van der Waals surface area contributed by atoms with E-state index in [0.717, 1.165) is 0 Å². The standard InChI is InChI=1S/C23H22FNO4/c1-16(26)25(15-18-21(27-2)14-13-19(24)23(18)28-3)20-11-7-8-12-22(20)29-17-9-5-4-6-10-17/h4-14H,15H2,1-3H3. The fourth-order valence-electron chi connectivity index (χ4n) is 3.05. The zero-order valence-corrected chi connectivity index (χ0v) is 16.5. The quantitative estimate of drug-likeness (QED) is 0.553. The summed E-state index contributed by atoms with van der Waals surface area (Å²) in [7, 11) is 2.87. The van der Waals surface area contributed by atoms with Crippen molar-refractivity contribution in [1.82, 2.24) is 0 Å². The highest BCUT2D eigenvalue weighted by Gasteiger charge is 2.23. The predicted molar refractivity (Wildman–Crippen MR) is 109 cm³/mol. The Bertz CT molecular complexity index is 991. The molecule has 0 unspecified atom stereocenters. The topological polar surface area (TPSA) is 48.0 Å². The molecule has 0 fully saturated rings. The van der Waals surface area contributed by atoms with E-state index in [0.29, 0.717) is 28.5 Å². The van der Waals surface area contributed by atoms with Crippen LogP contribution < -0.4 is 19.1 Å². The number of methoxy groups -OCH3 is 2. The molecule has 29 heavy (non-hydrogen) atoms. The lowest BCUT2D eigenvalue weighted by molar-refractivity contribution is -0.116. The lowest BCUT2D eigenvalue weighted by atomic mass is 10.1. The Kier molecular flexibility index (Phi) is 6.34. The van der Waals surface area contributed by atoms with Gasteiger partial charge < -0.3 is 19.1 Å². The molecule has 0 saturated carbocycles. The van der Waals surface area contributed by atoms with Crippen molar-refractivity contribution in [3.8, 4) is 23.0 Å². The molecule has 0 heterocycles. The number of hydrogen-bond donors (Lipinski definition) is 0. The molecule has 6 heteroatoms. The molecule has 0 spiro atoms. The van der Waals surface area contributed by atoms with Crippen molar-refractivity contribution in [2.24, 2.45) is 0 Å². The summed E-state index contributed by atoms with van der Waals surface area (Å²) in [4.78, 5) is 14.0. The second kappa shape index (κ2) is 9.10. The normalized spacial score (nSPS) is 10.3. The maximum Gasteiger partial charge on any atom is 0.224 e. The highest BCUT2D eigenvalue weighted by Crippen LogP contribution is 2.37. The second-order valence-electron chi connectivity index (χ2n) is 6.25. The summed E-state index contributed by atoms with van der Waals surface area (Å²) < 4.78 is 30.9. The number of amides is 1. The Labute approximate surface area is 169 Å². The van der Waals surface area contributed by atoms with E-state index in [-0.39, 0.29) is 18.2 Å². The summed E-state index contributed by atoms with van der Waals surface area (Å²) in [5.41, 5.74) is 0.983. The van der Waals surface area contributed by atoms with Gasteiger partial charge in [0.15, 0.2) is 17.3 Å². The minimum atomic E-state index is -0.527. The van der Waals surface area contributed by atoms with Gasteiger partial charge in [-0.1, -0.05) is 30.3 Å². The van der Waals surface area contributed by atoms with Gasteiger partial charge in [-0.15, -0.1) is 0 Å². The maximum absolute atomic E-state index is 14.3. The molecular formula is C23H22FNO4. The molecule has 0 aliphatic carbocycles. The van der Waals surface area contributed by atoms with Crippen LogP contribution in [-0.4, -0.2) is 20.1 Å².